The number of nitrogens with zero attached hydrogens (tertiary/aromatic N) is 2. The standard InChI is InChI=1S/C23H24ClF4N3O2S/c1-3-34-30-21(32)16-7-15(13-4-5-13)19(8-18(16)25)33-12-22(2)10-31(11-22)20-17(24)6-14(9-29-20)23(26,27)28/h6-9,13H,3-5,10-12H2,1-2H3,(H,30,32). The van der Waals surface area contributed by atoms with E-state index in [4.69, 9.17) is 16.3 Å². The number of halogens is 5. The Morgan fingerprint density at radius 2 is 2.03 bits per heavy atom. The fraction of sp³-hybridized carbons (Fsp3) is 0.478. The van der Waals surface area contributed by atoms with Gasteiger partial charge in [0.2, 0.25) is 0 Å². The zero-order valence-corrected chi connectivity index (χ0v) is 20.2. The highest BCUT2D eigenvalue weighted by Gasteiger charge is 2.42. The minimum Gasteiger partial charge on any atom is -0.492 e. The van der Waals surface area contributed by atoms with Crippen LogP contribution in [0.1, 0.15) is 54.1 Å². The number of amides is 1. The number of benzene rings is 1. The highest BCUT2D eigenvalue weighted by Crippen LogP contribution is 2.46. The number of aromatic nitrogens is 1. The summed E-state index contributed by atoms with van der Waals surface area (Å²) in [4.78, 5) is 18.0. The van der Waals surface area contributed by atoms with Gasteiger partial charge in [0.15, 0.2) is 0 Å². The first kappa shape index (κ1) is 24.9. The van der Waals surface area contributed by atoms with Crippen molar-refractivity contribution < 1.29 is 27.1 Å². The van der Waals surface area contributed by atoms with Crippen molar-refractivity contribution in [2.24, 2.45) is 5.41 Å². The second-order valence-corrected chi connectivity index (χ2v) is 10.5. The molecule has 1 aliphatic heterocycles. The van der Waals surface area contributed by atoms with E-state index in [2.05, 4.69) is 9.71 Å². The van der Waals surface area contributed by atoms with Crippen LogP contribution in [0.2, 0.25) is 5.02 Å². The van der Waals surface area contributed by atoms with E-state index in [9.17, 15) is 22.4 Å². The SMILES string of the molecule is CCSNC(=O)c1cc(C2CC2)c(OCC2(C)CN(c3ncc(C(F)(F)F)cc3Cl)C2)cc1F. The smallest absolute Gasteiger partial charge is 0.417 e. The first-order valence-corrected chi connectivity index (χ1v) is 12.2. The third-order valence-corrected chi connectivity index (χ3v) is 6.74. The maximum atomic E-state index is 14.7. The molecule has 34 heavy (non-hydrogen) atoms. The molecule has 0 unspecified atom stereocenters. The van der Waals surface area contributed by atoms with Crippen LogP contribution in [0.25, 0.3) is 0 Å². The molecule has 1 aromatic heterocycles. The molecule has 1 aliphatic carbocycles. The minimum atomic E-state index is -4.51. The van der Waals surface area contributed by atoms with Gasteiger partial charge in [0.1, 0.15) is 17.4 Å². The van der Waals surface area contributed by atoms with Crippen molar-refractivity contribution in [3.8, 4) is 5.75 Å². The third-order valence-electron chi connectivity index (χ3n) is 5.84. The predicted molar refractivity (Wildman–Crippen MR) is 124 cm³/mol. The van der Waals surface area contributed by atoms with E-state index >= 15 is 0 Å². The molecule has 11 heteroatoms. The van der Waals surface area contributed by atoms with Gasteiger partial charge in [-0.3, -0.25) is 9.52 Å². The van der Waals surface area contributed by atoms with Gasteiger partial charge in [-0.05, 0) is 36.5 Å². The van der Waals surface area contributed by atoms with Crippen molar-refractivity contribution in [3.63, 3.8) is 0 Å². The molecule has 2 aromatic rings. The highest BCUT2D eigenvalue weighted by atomic mass is 35.5. The average Bonchev–Trinajstić information content (AvgIpc) is 3.59. The van der Waals surface area contributed by atoms with Gasteiger partial charge >= 0.3 is 6.18 Å². The number of hydrogen-bond acceptors (Lipinski definition) is 5. The molecule has 4 rings (SSSR count). The van der Waals surface area contributed by atoms with Gasteiger partial charge in [-0.1, -0.05) is 37.4 Å². The molecule has 2 heterocycles. The fourth-order valence-electron chi connectivity index (χ4n) is 3.96. The van der Waals surface area contributed by atoms with Crippen LogP contribution in [0.15, 0.2) is 24.4 Å². The first-order valence-electron chi connectivity index (χ1n) is 10.9. The Hall–Kier alpha value is -2.20. The Labute approximate surface area is 204 Å². The van der Waals surface area contributed by atoms with Gasteiger partial charge in [-0.25, -0.2) is 9.37 Å². The van der Waals surface area contributed by atoms with Crippen molar-refractivity contribution in [1.82, 2.24) is 9.71 Å². The number of nitrogens with one attached hydrogen (secondary N) is 1. The number of rotatable bonds is 8. The maximum Gasteiger partial charge on any atom is 0.417 e. The second kappa shape index (κ2) is 9.45. The molecular formula is C23H24ClF4N3O2S. The molecular weight excluding hydrogens is 494 g/mol. The normalized spacial score (nSPS) is 17.3. The highest BCUT2D eigenvalue weighted by molar-refractivity contribution is 7.97. The first-order chi connectivity index (χ1) is 16.0. The molecule has 0 atom stereocenters. The van der Waals surface area contributed by atoms with Crippen molar-refractivity contribution in [3.05, 3.63) is 51.9 Å². The van der Waals surface area contributed by atoms with Gasteiger partial charge in [0, 0.05) is 36.5 Å². The largest absolute Gasteiger partial charge is 0.492 e. The Balaban J connectivity index is 1.42. The molecule has 1 amide bonds. The number of ether oxygens (including phenoxy) is 1. The van der Waals surface area contributed by atoms with Gasteiger partial charge in [0.25, 0.3) is 5.91 Å². The predicted octanol–water partition coefficient (Wildman–Crippen LogP) is 6.07. The summed E-state index contributed by atoms with van der Waals surface area (Å²) in [5.74, 6) is 0.506. The van der Waals surface area contributed by atoms with Gasteiger partial charge in [0.05, 0.1) is 22.8 Å². The lowest BCUT2D eigenvalue weighted by Gasteiger charge is -2.48. The Bertz CT molecular complexity index is 1090. The second-order valence-electron chi connectivity index (χ2n) is 8.99. The van der Waals surface area contributed by atoms with Crippen LogP contribution in [-0.2, 0) is 6.18 Å². The van der Waals surface area contributed by atoms with Crippen LogP contribution in [0.5, 0.6) is 5.75 Å². The molecule has 1 saturated heterocycles. The number of anilines is 1. The van der Waals surface area contributed by atoms with E-state index in [0.29, 0.717) is 24.6 Å². The van der Waals surface area contributed by atoms with E-state index in [-0.39, 0.29) is 34.3 Å². The fourth-order valence-corrected chi connectivity index (χ4v) is 4.63. The van der Waals surface area contributed by atoms with Crippen LogP contribution in [-0.4, -0.2) is 36.3 Å². The van der Waals surface area contributed by atoms with Crippen LogP contribution in [0.4, 0.5) is 23.4 Å². The summed E-state index contributed by atoms with van der Waals surface area (Å²) in [5.41, 5.74) is -0.397. The molecule has 0 spiro atoms. The molecule has 0 radical (unpaired) electrons. The molecule has 1 N–H and O–H groups in total. The topological polar surface area (TPSA) is 54.5 Å². The molecule has 184 valence electrons. The quantitative estimate of drug-likeness (QED) is 0.340. The average molecular weight is 518 g/mol. The lowest BCUT2D eigenvalue weighted by molar-refractivity contribution is -0.137. The maximum absolute atomic E-state index is 14.7. The number of hydrogen-bond donors (Lipinski definition) is 1. The zero-order valence-electron chi connectivity index (χ0n) is 18.6. The van der Waals surface area contributed by atoms with Crippen molar-refractivity contribution in [2.75, 3.05) is 30.3 Å². The van der Waals surface area contributed by atoms with E-state index in [1.54, 1.807) is 11.0 Å². The lowest BCUT2D eigenvalue weighted by Crippen LogP contribution is -2.58. The molecule has 5 nitrogen and oxygen atoms in total. The number of alkyl halides is 3. The number of carbonyl (C=O) groups is 1. The summed E-state index contributed by atoms with van der Waals surface area (Å²) in [6, 6.07) is 3.72. The summed E-state index contributed by atoms with van der Waals surface area (Å²) in [5, 5.41) is -0.0639. The van der Waals surface area contributed by atoms with Crippen molar-refractivity contribution >= 4 is 35.3 Å². The summed E-state index contributed by atoms with van der Waals surface area (Å²) >= 11 is 7.26. The van der Waals surface area contributed by atoms with Crippen LogP contribution >= 0.6 is 23.5 Å². The molecule has 2 fully saturated rings. The monoisotopic (exact) mass is 517 g/mol. The Morgan fingerprint density at radius 1 is 1.32 bits per heavy atom. The van der Waals surface area contributed by atoms with Gasteiger partial charge < -0.3 is 9.64 Å². The number of pyridine rings is 1. The van der Waals surface area contributed by atoms with Crippen LogP contribution < -0.4 is 14.4 Å². The summed E-state index contributed by atoms with van der Waals surface area (Å²) < 4.78 is 61.9. The van der Waals surface area contributed by atoms with Crippen LogP contribution in [0.3, 0.4) is 0 Å². The van der Waals surface area contributed by atoms with Crippen molar-refractivity contribution in [2.45, 2.75) is 38.8 Å². The van der Waals surface area contributed by atoms with Crippen molar-refractivity contribution in [1.29, 1.82) is 0 Å². The molecule has 1 aromatic carbocycles. The van der Waals surface area contributed by atoms with Gasteiger partial charge in [-0.2, -0.15) is 13.2 Å². The van der Waals surface area contributed by atoms with E-state index < -0.39 is 23.5 Å². The van der Waals surface area contributed by atoms with Crippen LogP contribution in [0, 0.1) is 11.2 Å². The third kappa shape index (κ3) is 5.38. The summed E-state index contributed by atoms with van der Waals surface area (Å²) in [6.45, 7) is 5.08. The Morgan fingerprint density at radius 3 is 2.62 bits per heavy atom. The van der Waals surface area contributed by atoms with E-state index in [1.807, 2.05) is 13.8 Å². The Kier molecular flexibility index (Phi) is 6.92. The lowest BCUT2D eigenvalue weighted by atomic mass is 9.83. The minimum absolute atomic E-state index is 0.000694. The zero-order chi connectivity index (χ0) is 24.7. The van der Waals surface area contributed by atoms with E-state index in [1.165, 1.54) is 18.0 Å². The number of carbonyl (C=O) groups excluding carboxylic acids is 1. The summed E-state index contributed by atoms with van der Waals surface area (Å²) in [7, 11) is 0. The molecule has 0 bridgehead atoms. The van der Waals surface area contributed by atoms with E-state index in [0.717, 1.165) is 30.7 Å². The summed E-state index contributed by atoms with van der Waals surface area (Å²) in [6.07, 6.45) is -1.83. The van der Waals surface area contributed by atoms with Gasteiger partial charge in [-0.15, -0.1) is 0 Å². The molecule has 1 saturated carbocycles. The molecule has 2 aliphatic rings.